The molecule has 3 rings (SSSR count). The number of methoxy groups -OCH3 is 1. The maximum absolute atomic E-state index is 12.5. The number of thioether (sulfide) groups is 1. The van der Waals surface area contributed by atoms with Crippen LogP contribution in [0.25, 0.3) is 6.08 Å². The SMILES string of the molecule is COc1cccc(C=C2SC(=O)N(CC(=O)Nc3ccc(C)cc3)C2=O)c1O. The largest absolute Gasteiger partial charge is 0.504 e. The van der Waals surface area contributed by atoms with Crippen molar-refractivity contribution in [2.75, 3.05) is 19.0 Å². The fourth-order valence-electron chi connectivity index (χ4n) is 2.58. The number of aromatic hydroxyl groups is 1. The number of anilines is 1. The van der Waals surface area contributed by atoms with Crippen LogP contribution in [0.2, 0.25) is 0 Å². The zero-order chi connectivity index (χ0) is 20.3. The summed E-state index contributed by atoms with van der Waals surface area (Å²) in [6, 6.07) is 12.0. The maximum Gasteiger partial charge on any atom is 0.294 e. The number of hydrogen-bond donors (Lipinski definition) is 2. The van der Waals surface area contributed by atoms with E-state index in [1.54, 1.807) is 30.3 Å². The van der Waals surface area contributed by atoms with Gasteiger partial charge in [0.15, 0.2) is 11.5 Å². The van der Waals surface area contributed by atoms with Gasteiger partial charge in [-0.3, -0.25) is 19.3 Å². The van der Waals surface area contributed by atoms with Crippen LogP contribution < -0.4 is 10.1 Å². The number of phenols is 1. The first-order valence-corrected chi connectivity index (χ1v) is 9.18. The maximum atomic E-state index is 12.5. The molecule has 1 saturated heterocycles. The first-order valence-electron chi connectivity index (χ1n) is 8.37. The first kappa shape index (κ1) is 19.5. The topological polar surface area (TPSA) is 95.9 Å². The average molecular weight is 398 g/mol. The number of nitrogens with zero attached hydrogens (tertiary/aromatic N) is 1. The molecule has 0 spiro atoms. The Morgan fingerprint density at radius 1 is 1.21 bits per heavy atom. The molecule has 144 valence electrons. The number of para-hydroxylation sites is 1. The molecule has 2 N–H and O–H groups in total. The van der Waals surface area contributed by atoms with Crippen LogP contribution >= 0.6 is 11.8 Å². The molecular weight excluding hydrogens is 380 g/mol. The van der Waals surface area contributed by atoms with Crippen LogP contribution in [0.5, 0.6) is 11.5 Å². The molecule has 2 aromatic rings. The van der Waals surface area contributed by atoms with Gasteiger partial charge in [-0.1, -0.05) is 29.8 Å². The Balaban J connectivity index is 1.73. The molecule has 1 aliphatic heterocycles. The minimum absolute atomic E-state index is 0.122. The number of carbonyl (C=O) groups excluding carboxylic acids is 3. The van der Waals surface area contributed by atoms with E-state index >= 15 is 0 Å². The highest BCUT2D eigenvalue weighted by Crippen LogP contribution is 2.36. The number of ether oxygens (including phenoxy) is 1. The number of phenolic OH excluding ortho intramolecular Hbond substituents is 1. The first-order chi connectivity index (χ1) is 13.4. The Bertz CT molecular complexity index is 969. The molecule has 28 heavy (non-hydrogen) atoms. The van der Waals surface area contributed by atoms with Gasteiger partial charge in [-0.05, 0) is 43.0 Å². The number of benzene rings is 2. The zero-order valence-corrected chi connectivity index (χ0v) is 16.1. The molecule has 1 aliphatic rings. The molecule has 1 fully saturated rings. The summed E-state index contributed by atoms with van der Waals surface area (Å²) in [5.74, 6) is -0.938. The second-order valence-electron chi connectivity index (χ2n) is 6.08. The molecule has 8 heteroatoms. The van der Waals surface area contributed by atoms with Crippen molar-refractivity contribution in [3.8, 4) is 11.5 Å². The van der Waals surface area contributed by atoms with Gasteiger partial charge in [0.1, 0.15) is 6.54 Å². The third kappa shape index (κ3) is 4.17. The molecular formula is C20H18N2O5S. The van der Waals surface area contributed by atoms with E-state index in [1.165, 1.54) is 13.2 Å². The van der Waals surface area contributed by atoms with Crippen LogP contribution in [0.15, 0.2) is 47.4 Å². The van der Waals surface area contributed by atoms with E-state index < -0.39 is 17.1 Å². The van der Waals surface area contributed by atoms with Crippen molar-refractivity contribution in [3.63, 3.8) is 0 Å². The summed E-state index contributed by atoms with van der Waals surface area (Å²) in [4.78, 5) is 37.9. The molecule has 1 heterocycles. The van der Waals surface area contributed by atoms with Crippen molar-refractivity contribution >= 4 is 40.6 Å². The van der Waals surface area contributed by atoms with Crippen molar-refractivity contribution in [2.45, 2.75) is 6.92 Å². The summed E-state index contributed by atoms with van der Waals surface area (Å²) in [7, 11) is 1.42. The predicted molar refractivity (Wildman–Crippen MR) is 107 cm³/mol. The lowest BCUT2D eigenvalue weighted by molar-refractivity contribution is -0.127. The van der Waals surface area contributed by atoms with Crippen LogP contribution in [0.3, 0.4) is 0 Å². The van der Waals surface area contributed by atoms with Gasteiger partial charge in [0, 0.05) is 11.3 Å². The van der Waals surface area contributed by atoms with Crippen molar-refractivity contribution in [2.24, 2.45) is 0 Å². The number of aryl methyl sites for hydroxylation is 1. The molecule has 0 aliphatic carbocycles. The molecule has 2 aromatic carbocycles. The third-order valence-electron chi connectivity index (χ3n) is 4.05. The fourth-order valence-corrected chi connectivity index (χ4v) is 3.41. The standard InChI is InChI=1S/C20H18N2O5S/c1-12-6-8-14(9-7-12)21-17(23)11-22-19(25)16(28-20(22)26)10-13-4-3-5-15(27-2)18(13)24/h3-10,24H,11H2,1-2H3,(H,21,23). The van der Waals surface area contributed by atoms with Crippen LogP contribution in [-0.4, -0.2) is 40.7 Å². The highest BCUT2D eigenvalue weighted by atomic mass is 32.2. The van der Waals surface area contributed by atoms with Gasteiger partial charge in [-0.15, -0.1) is 0 Å². The number of imide groups is 1. The molecule has 0 bridgehead atoms. The van der Waals surface area contributed by atoms with Gasteiger partial charge in [0.2, 0.25) is 5.91 Å². The number of hydrogen-bond acceptors (Lipinski definition) is 6. The van der Waals surface area contributed by atoms with Crippen molar-refractivity contribution < 1.29 is 24.2 Å². The van der Waals surface area contributed by atoms with Gasteiger partial charge in [0.05, 0.1) is 12.0 Å². The van der Waals surface area contributed by atoms with E-state index in [0.29, 0.717) is 23.0 Å². The van der Waals surface area contributed by atoms with Gasteiger partial charge < -0.3 is 15.2 Å². The summed E-state index contributed by atoms with van der Waals surface area (Å²) in [5.41, 5.74) is 1.98. The van der Waals surface area contributed by atoms with Gasteiger partial charge in [-0.25, -0.2) is 0 Å². The third-order valence-corrected chi connectivity index (χ3v) is 4.95. The molecule has 0 aromatic heterocycles. The minimum atomic E-state index is -0.587. The normalized spacial score (nSPS) is 15.2. The van der Waals surface area contributed by atoms with E-state index in [4.69, 9.17) is 4.74 Å². The van der Waals surface area contributed by atoms with Gasteiger partial charge >= 0.3 is 0 Å². The lowest BCUT2D eigenvalue weighted by Crippen LogP contribution is -2.36. The lowest BCUT2D eigenvalue weighted by atomic mass is 10.1. The van der Waals surface area contributed by atoms with Crippen LogP contribution in [-0.2, 0) is 9.59 Å². The summed E-state index contributed by atoms with van der Waals surface area (Å²) in [6.07, 6.45) is 1.40. The number of carbonyl (C=O) groups is 3. The molecule has 0 atom stereocenters. The van der Waals surface area contributed by atoms with Crippen molar-refractivity contribution in [1.29, 1.82) is 0 Å². The van der Waals surface area contributed by atoms with Crippen molar-refractivity contribution in [1.82, 2.24) is 4.90 Å². The highest BCUT2D eigenvalue weighted by Gasteiger charge is 2.36. The van der Waals surface area contributed by atoms with E-state index in [1.807, 2.05) is 19.1 Å². The Labute approximate surface area is 166 Å². The highest BCUT2D eigenvalue weighted by molar-refractivity contribution is 8.18. The number of nitrogens with one attached hydrogen (secondary N) is 1. The Morgan fingerprint density at radius 2 is 1.93 bits per heavy atom. The molecule has 0 saturated carbocycles. The average Bonchev–Trinajstić information content (AvgIpc) is 2.93. The molecule has 0 radical (unpaired) electrons. The van der Waals surface area contributed by atoms with E-state index in [0.717, 1.165) is 10.5 Å². The second kappa shape index (κ2) is 8.18. The summed E-state index contributed by atoms with van der Waals surface area (Å²) < 4.78 is 5.03. The number of rotatable bonds is 5. The fraction of sp³-hybridized carbons (Fsp3) is 0.150. The van der Waals surface area contributed by atoms with E-state index in [-0.39, 0.29) is 22.9 Å². The van der Waals surface area contributed by atoms with E-state index in [2.05, 4.69) is 5.32 Å². The minimum Gasteiger partial charge on any atom is -0.504 e. The summed E-state index contributed by atoms with van der Waals surface area (Å²) >= 11 is 0.716. The monoisotopic (exact) mass is 398 g/mol. The molecule has 7 nitrogen and oxygen atoms in total. The van der Waals surface area contributed by atoms with E-state index in [9.17, 15) is 19.5 Å². The van der Waals surface area contributed by atoms with Crippen LogP contribution in [0.4, 0.5) is 10.5 Å². The van der Waals surface area contributed by atoms with Crippen LogP contribution in [0.1, 0.15) is 11.1 Å². The Hall–Kier alpha value is -3.26. The smallest absolute Gasteiger partial charge is 0.294 e. The Kier molecular flexibility index (Phi) is 5.70. The predicted octanol–water partition coefficient (Wildman–Crippen LogP) is 3.38. The van der Waals surface area contributed by atoms with Crippen LogP contribution in [0, 0.1) is 6.92 Å². The number of amides is 3. The molecule has 0 unspecified atom stereocenters. The van der Waals surface area contributed by atoms with Crippen molar-refractivity contribution in [3.05, 3.63) is 58.5 Å². The van der Waals surface area contributed by atoms with Gasteiger partial charge in [-0.2, -0.15) is 0 Å². The van der Waals surface area contributed by atoms with Gasteiger partial charge in [0.25, 0.3) is 11.1 Å². The molecule has 3 amide bonds. The summed E-state index contributed by atoms with van der Waals surface area (Å²) in [6.45, 7) is 1.54. The zero-order valence-electron chi connectivity index (χ0n) is 15.3. The second-order valence-corrected chi connectivity index (χ2v) is 7.07. The summed E-state index contributed by atoms with van der Waals surface area (Å²) in [5, 5.41) is 12.3. The Morgan fingerprint density at radius 3 is 2.61 bits per heavy atom. The quantitative estimate of drug-likeness (QED) is 0.750. The lowest BCUT2D eigenvalue weighted by Gasteiger charge is -2.12.